The van der Waals surface area contributed by atoms with Crippen LogP contribution in [0.1, 0.15) is 18.4 Å². The van der Waals surface area contributed by atoms with Gasteiger partial charge in [0.1, 0.15) is 13.2 Å². The molecule has 2 aliphatic heterocycles. The van der Waals surface area contributed by atoms with Crippen molar-refractivity contribution in [2.75, 3.05) is 33.4 Å². The number of halogens is 2. The molecule has 1 aromatic rings. The molecule has 0 saturated carbocycles. The summed E-state index contributed by atoms with van der Waals surface area (Å²) in [5.74, 6) is 1.40. The molecule has 2 heterocycles. The smallest absolute Gasteiger partial charge is 0.179 e. The summed E-state index contributed by atoms with van der Waals surface area (Å²) >= 11 is 6.31. The number of rotatable bonds is 4. The molecule has 130 valence electrons. The maximum Gasteiger partial charge on any atom is 0.179 e. The average Bonchev–Trinajstić information content (AvgIpc) is 2.55. The van der Waals surface area contributed by atoms with Crippen LogP contribution in [0.15, 0.2) is 12.1 Å². The van der Waals surface area contributed by atoms with Gasteiger partial charge in [-0.2, -0.15) is 0 Å². The fourth-order valence-electron chi connectivity index (χ4n) is 3.22. The number of methoxy groups -OCH3 is 1. The third kappa shape index (κ3) is 4.22. The minimum atomic E-state index is 0. The maximum atomic E-state index is 6.31. The topological polar surface area (TPSA) is 57.0 Å². The Morgan fingerprint density at radius 3 is 2.87 bits per heavy atom. The minimum absolute atomic E-state index is 0. The van der Waals surface area contributed by atoms with Gasteiger partial charge in [-0.05, 0) is 30.5 Å². The van der Waals surface area contributed by atoms with Gasteiger partial charge in [-0.15, -0.1) is 12.4 Å². The molecule has 0 aliphatic carbocycles. The molecule has 23 heavy (non-hydrogen) atoms. The molecule has 2 aliphatic rings. The Labute approximate surface area is 148 Å². The Balaban J connectivity index is 0.00000192. The molecule has 0 amide bonds. The Kier molecular flexibility index (Phi) is 6.80. The van der Waals surface area contributed by atoms with Crippen molar-refractivity contribution in [3.63, 3.8) is 0 Å². The van der Waals surface area contributed by atoms with Crippen molar-refractivity contribution in [1.29, 1.82) is 0 Å². The van der Waals surface area contributed by atoms with E-state index in [4.69, 9.17) is 31.5 Å². The standard InChI is InChI=1S/C16H23ClN2O3.ClH/c1-20-13-2-3-19(12(8-13)9-18)10-11-6-14(17)16-15(7-11)21-4-5-22-16;/h6-7,12-13H,2-5,8-10,18H2,1H3;1H. The lowest BCUT2D eigenvalue weighted by atomic mass is 9.98. The zero-order valence-corrected chi connectivity index (χ0v) is 14.9. The molecule has 2 atom stereocenters. The van der Waals surface area contributed by atoms with Crippen molar-refractivity contribution >= 4 is 24.0 Å². The number of piperidine rings is 1. The van der Waals surface area contributed by atoms with Crippen molar-refractivity contribution in [3.8, 4) is 11.5 Å². The number of hydrogen-bond donors (Lipinski definition) is 1. The molecule has 1 fully saturated rings. The first-order chi connectivity index (χ1) is 10.7. The zero-order valence-electron chi connectivity index (χ0n) is 13.3. The molecule has 1 saturated heterocycles. The van der Waals surface area contributed by atoms with E-state index in [0.717, 1.165) is 37.2 Å². The van der Waals surface area contributed by atoms with Gasteiger partial charge in [0.25, 0.3) is 0 Å². The van der Waals surface area contributed by atoms with Gasteiger partial charge in [0.05, 0.1) is 11.1 Å². The molecule has 0 aromatic heterocycles. The van der Waals surface area contributed by atoms with Crippen LogP contribution in [0.2, 0.25) is 5.02 Å². The van der Waals surface area contributed by atoms with Crippen molar-refractivity contribution in [3.05, 3.63) is 22.7 Å². The quantitative estimate of drug-likeness (QED) is 0.891. The van der Waals surface area contributed by atoms with E-state index in [-0.39, 0.29) is 12.4 Å². The second-order valence-electron chi connectivity index (χ2n) is 5.84. The van der Waals surface area contributed by atoms with Gasteiger partial charge in [-0.3, -0.25) is 4.90 Å². The van der Waals surface area contributed by atoms with E-state index in [1.165, 1.54) is 0 Å². The highest BCUT2D eigenvalue weighted by atomic mass is 35.5. The summed E-state index contributed by atoms with van der Waals surface area (Å²) in [6.07, 6.45) is 2.32. The van der Waals surface area contributed by atoms with Gasteiger partial charge in [-0.25, -0.2) is 0 Å². The van der Waals surface area contributed by atoms with Gasteiger partial charge in [0.15, 0.2) is 11.5 Å². The molecule has 0 bridgehead atoms. The van der Waals surface area contributed by atoms with Gasteiger partial charge >= 0.3 is 0 Å². The largest absolute Gasteiger partial charge is 0.486 e. The molecule has 5 nitrogen and oxygen atoms in total. The van der Waals surface area contributed by atoms with Crippen LogP contribution < -0.4 is 15.2 Å². The summed E-state index contributed by atoms with van der Waals surface area (Å²) in [6, 6.07) is 4.33. The first-order valence-electron chi connectivity index (χ1n) is 7.76. The van der Waals surface area contributed by atoms with Crippen LogP contribution >= 0.6 is 24.0 Å². The van der Waals surface area contributed by atoms with Crippen LogP contribution in [0.4, 0.5) is 0 Å². The van der Waals surface area contributed by atoms with E-state index < -0.39 is 0 Å². The number of likely N-dealkylation sites (tertiary alicyclic amines) is 1. The fraction of sp³-hybridized carbons (Fsp3) is 0.625. The molecule has 1 aromatic carbocycles. The van der Waals surface area contributed by atoms with E-state index in [2.05, 4.69) is 4.90 Å². The van der Waals surface area contributed by atoms with Crippen molar-refractivity contribution in [2.45, 2.75) is 31.5 Å². The lowest BCUT2D eigenvalue weighted by Crippen LogP contribution is -2.47. The average molecular weight is 363 g/mol. The Morgan fingerprint density at radius 2 is 2.13 bits per heavy atom. The maximum absolute atomic E-state index is 6.31. The molecule has 2 unspecified atom stereocenters. The number of ether oxygens (including phenoxy) is 3. The van der Waals surface area contributed by atoms with Crippen LogP contribution in [-0.2, 0) is 11.3 Å². The van der Waals surface area contributed by atoms with Crippen LogP contribution in [-0.4, -0.2) is 50.5 Å². The van der Waals surface area contributed by atoms with Gasteiger partial charge in [0.2, 0.25) is 0 Å². The normalized spacial score (nSPS) is 24.1. The van der Waals surface area contributed by atoms with Crippen LogP contribution in [0.25, 0.3) is 0 Å². The van der Waals surface area contributed by atoms with Crippen molar-refractivity contribution in [1.82, 2.24) is 4.90 Å². The molecular weight excluding hydrogens is 339 g/mol. The Hall–Kier alpha value is -0.720. The third-order valence-electron chi connectivity index (χ3n) is 4.44. The Bertz CT molecular complexity index is 530. The van der Waals surface area contributed by atoms with Crippen LogP contribution in [0, 0.1) is 0 Å². The highest BCUT2D eigenvalue weighted by Crippen LogP contribution is 2.38. The fourth-order valence-corrected chi connectivity index (χ4v) is 3.51. The van der Waals surface area contributed by atoms with E-state index in [1.807, 2.05) is 12.1 Å². The summed E-state index contributed by atoms with van der Waals surface area (Å²) in [5.41, 5.74) is 7.07. The molecule has 0 radical (unpaired) electrons. The highest BCUT2D eigenvalue weighted by Gasteiger charge is 2.28. The van der Waals surface area contributed by atoms with Gasteiger partial charge in [0, 0.05) is 32.8 Å². The highest BCUT2D eigenvalue weighted by molar-refractivity contribution is 6.32. The summed E-state index contributed by atoms with van der Waals surface area (Å²) < 4.78 is 16.7. The molecule has 7 heteroatoms. The lowest BCUT2D eigenvalue weighted by molar-refractivity contribution is 0.0102. The van der Waals surface area contributed by atoms with Crippen molar-refractivity contribution in [2.24, 2.45) is 5.73 Å². The first kappa shape index (κ1) is 18.6. The Morgan fingerprint density at radius 1 is 1.35 bits per heavy atom. The molecular formula is C16H24Cl2N2O3. The predicted molar refractivity (Wildman–Crippen MR) is 93.0 cm³/mol. The summed E-state index contributed by atoms with van der Waals surface area (Å²) in [6.45, 7) is 3.54. The van der Waals surface area contributed by atoms with E-state index in [0.29, 0.717) is 42.7 Å². The molecule has 0 spiro atoms. The SMILES string of the molecule is COC1CCN(Cc2cc(Cl)c3c(c2)OCCO3)C(CN)C1.Cl. The number of nitrogens with two attached hydrogens (primary N) is 1. The first-order valence-corrected chi connectivity index (χ1v) is 8.14. The summed E-state index contributed by atoms with van der Waals surface area (Å²) in [5, 5.41) is 0.614. The van der Waals surface area contributed by atoms with Gasteiger partial charge < -0.3 is 19.9 Å². The molecule has 3 rings (SSSR count). The minimum Gasteiger partial charge on any atom is -0.486 e. The second kappa shape index (κ2) is 8.40. The number of benzene rings is 1. The molecule has 2 N–H and O–H groups in total. The number of fused-ring (bicyclic) bond motifs is 1. The second-order valence-corrected chi connectivity index (χ2v) is 6.25. The number of hydrogen-bond acceptors (Lipinski definition) is 5. The monoisotopic (exact) mass is 362 g/mol. The van der Waals surface area contributed by atoms with E-state index in [1.54, 1.807) is 7.11 Å². The predicted octanol–water partition coefficient (Wildman–Crippen LogP) is 2.47. The van der Waals surface area contributed by atoms with E-state index in [9.17, 15) is 0 Å². The van der Waals surface area contributed by atoms with Crippen molar-refractivity contribution < 1.29 is 14.2 Å². The third-order valence-corrected chi connectivity index (χ3v) is 4.72. The van der Waals surface area contributed by atoms with Crippen LogP contribution in [0.3, 0.4) is 0 Å². The lowest BCUT2D eigenvalue weighted by Gasteiger charge is -2.38. The summed E-state index contributed by atoms with van der Waals surface area (Å²) in [7, 11) is 1.77. The van der Waals surface area contributed by atoms with E-state index >= 15 is 0 Å². The number of nitrogens with zero attached hydrogens (tertiary/aromatic N) is 1. The van der Waals surface area contributed by atoms with Gasteiger partial charge in [-0.1, -0.05) is 11.6 Å². The zero-order chi connectivity index (χ0) is 15.5. The van der Waals surface area contributed by atoms with Crippen LogP contribution in [0.5, 0.6) is 11.5 Å². The summed E-state index contributed by atoms with van der Waals surface area (Å²) in [4.78, 5) is 2.40.